The van der Waals surface area contributed by atoms with Crippen LogP contribution < -0.4 is 0 Å². The molecule has 0 N–H and O–H groups in total. The zero-order valence-corrected chi connectivity index (χ0v) is 11.3. The van der Waals surface area contributed by atoms with Crippen LogP contribution in [0.3, 0.4) is 0 Å². The third-order valence-electron chi connectivity index (χ3n) is 2.97. The summed E-state index contributed by atoms with van der Waals surface area (Å²) < 4.78 is 2.11. The van der Waals surface area contributed by atoms with Crippen molar-refractivity contribution in [3.63, 3.8) is 0 Å². The number of aromatic nitrogens is 4. The molecule has 0 fully saturated rings. The van der Waals surface area contributed by atoms with Crippen molar-refractivity contribution in [1.29, 1.82) is 0 Å². The summed E-state index contributed by atoms with van der Waals surface area (Å²) in [7, 11) is 0. The lowest BCUT2D eigenvalue weighted by atomic mass is 10.3. The van der Waals surface area contributed by atoms with Gasteiger partial charge < -0.3 is 4.57 Å². The van der Waals surface area contributed by atoms with Gasteiger partial charge in [-0.3, -0.25) is 0 Å². The number of nitrogens with zero attached hydrogens (tertiary/aromatic N) is 4. The van der Waals surface area contributed by atoms with Gasteiger partial charge in [-0.2, -0.15) is 5.10 Å². The van der Waals surface area contributed by atoms with Crippen molar-refractivity contribution in [3.05, 3.63) is 41.6 Å². The molecule has 2 aromatic heterocycles. The smallest absolute Gasteiger partial charge is 0.161 e. The lowest BCUT2D eigenvalue weighted by Crippen LogP contribution is -2.01. The first kappa shape index (κ1) is 12.1. The Kier molecular flexibility index (Phi) is 3.17. The zero-order valence-electron chi connectivity index (χ0n) is 10.5. The topological polar surface area (TPSA) is 43.6 Å². The number of benzene rings is 1. The Hall–Kier alpha value is -1.94. The molecular weight excluding hydrogens is 260 g/mol. The van der Waals surface area contributed by atoms with Gasteiger partial charge in [-0.15, -0.1) is 5.10 Å². The SMILES string of the molecule is CCCn1c(-c2cccnn2)nc2cccc(Cl)c21. The van der Waals surface area contributed by atoms with Crippen LogP contribution in [0, 0.1) is 0 Å². The van der Waals surface area contributed by atoms with E-state index in [-0.39, 0.29) is 0 Å². The van der Waals surface area contributed by atoms with Crippen LogP contribution in [0.2, 0.25) is 5.02 Å². The van der Waals surface area contributed by atoms with Gasteiger partial charge in [0, 0.05) is 12.7 Å². The fraction of sp³-hybridized carbons (Fsp3) is 0.214. The first-order valence-corrected chi connectivity index (χ1v) is 6.62. The van der Waals surface area contributed by atoms with Gasteiger partial charge in [0.25, 0.3) is 0 Å². The average molecular weight is 273 g/mol. The molecular formula is C14H13ClN4. The van der Waals surface area contributed by atoms with Crippen molar-refractivity contribution in [2.24, 2.45) is 0 Å². The molecule has 96 valence electrons. The fourth-order valence-corrected chi connectivity index (χ4v) is 2.47. The maximum Gasteiger partial charge on any atom is 0.161 e. The molecule has 0 aliphatic heterocycles. The molecule has 0 atom stereocenters. The van der Waals surface area contributed by atoms with Crippen molar-refractivity contribution in [2.75, 3.05) is 0 Å². The lowest BCUT2D eigenvalue weighted by molar-refractivity contribution is 0.701. The van der Waals surface area contributed by atoms with E-state index in [0.29, 0.717) is 5.02 Å². The van der Waals surface area contributed by atoms with Crippen LogP contribution in [0.4, 0.5) is 0 Å². The number of hydrogen-bond donors (Lipinski definition) is 0. The van der Waals surface area contributed by atoms with Crippen LogP contribution in [0.1, 0.15) is 13.3 Å². The molecule has 0 saturated carbocycles. The second-order valence-corrected chi connectivity index (χ2v) is 4.71. The van der Waals surface area contributed by atoms with Gasteiger partial charge in [0.05, 0.1) is 16.1 Å². The molecule has 0 saturated heterocycles. The number of halogens is 1. The maximum atomic E-state index is 6.30. The van der Waals surface area contributed by atoms with E-state index in [9.17, 15) is 0 Å². The summed E-state index contributed by atoms with van der Waals surface area (Å²) >= 11 is 6.30. The molecule has 0 spiro atoms. The molecule has 0 amide bonds. The normalized spacial score (nSPS) is 11.1. The van der Waals surface area contributed by atoms with Gasteiger partial charge in [-0.05, 0) is 30.7 Å². The Bertz CT molecular complexity index is 706. The number of fused-ring (bicyclic) bond motifs is 1. The fourth-order valence-electron chi connectivity index (χ4n) is 2.20. The number of imidazole rings is 1. The highest BCUT2D eigenvalue weighted by Crippen LogP contribution is 2.28. The van der Waals surface area contributed by atoms with Crippen LogP contribution >= 0.6 is 11.6 Å². The van der Waals surface area contributed by atoms with Gasteiger partial charge in [-0.25, -0.2) is 4.98 Å². The Morgan fingerprint density at radius 1 is 1.21 bits per heavy atom. The Morgan fingerprint density at radius 2 is 2.11 bits per heavy atom. The van der Waals surface area contributed by atoms with Crippen LogP contribution in [0.5, 0.6) is 0 Å². The summed E-state index contributed by atoms with van der Waals surface area (Å²) in [6.45, 7) is 2.98. The summed E-state index contributed by atoms with van der Waals surface area (Å²) in [6, 6.07) is 9.54. The van der Waals surface area contributed by atoms with E-state index in [1.54, 1.807) is 6.20 Å². The van der Waals surface area contributed by atoms with Crippen molar-refractivity contribution in [3.8, 4) is 11.5 Å². The monoisotopic (exact) mass is 272 g/mol. The lowest BCUT2D eigenvalue weighted by Gasteiger charge is -2.07. The van der Waals surface area contributed by atoms with Crippen LogP contribution in [0.25, 0.3) is 22.6 Å². The van der Waals surface area contributed by atoms with E-state index in [2.05, 4.69) is 26.7 Å². The molecule has 0 aliphatic carbocycles. The van der Waals surface area contributed by atoms with Gasteiger partial charge in [-0.1, -0.05) is 24.6 Å². The number of para-hydroxylation sites is 1. The Balaban J connectivity index is 2.30. The summed E-state index contributed by atoms with van der Waals surface area (Å²) in [5, 5.41) is 8.78. The molecule has 19 heavy (non-hydrogen) atoms. The highest BCUT2D eigenvalue weighted by molar-refractivity contribution is 6.35. The summed E-state index contributed by atoms with van der Waals surface area (Å²) in [5.41, 5.74) is 2.62. The van der Waals surface area contributed by atoms with Crippen molar-refractivity contribution in [2.45, 2.75) is 19.9 Å². The third-order valence-corrected chi connectivity index (χ3v) is 3.27. The number of hydrogen-bond acceptors (Lipinski definition) is 3. The molecule has 0 aliphatic rings. The summed E-state index contributed by atoms with van der Waals surface area (Å²) in [6.07, 6.45) is 2.66. The predicted octanol–water partition coefficient (Wildman–Crippen LogP) is 3.56. The van der Waals surface area contributed by atoms with E-state index in [1.165, 1.54) is 0 Å². The molecule has 2 heterocycles. The molecule has 0 unspecified atom stereocenters. The van der Waals surface area contributed by atoms with Gasteiger partial charge in [0.1, 0.15) is 5.69 Å². The minimum Gasteiger partial charge on any atom is -0.321 e. The van der Waals surface area contributed by atoms with E-state index in [4.69, 9.17) is 11.6 Å². The second-order valence-electron chi connectivity index (χ2n) is 4.30. The second kappa shape index (κ2) is 4.97. The molecule has 3 aromatic rings. The minimum atomic E-state index is 0.716. The van der Waals surface area contributed by atoms with E-state index in [0.717, 1.165) is 35.5 Å². The van der Waals surface area contributed by atoms with Crippen molar-refractivity contribution >= 4 is 22.6 Å². The molecule has 5 heteroatoms. The summed E-state index contributed by atoms with van der Waals surface area (Å²) in [5.74, 6) is 0.818. The third kappa shape index (κ3) is 2.08. The standard InChI is InChI=1S/C14H13ClN4/c1-2-9-19-13-10(15)5-3-6-11(13)17-14(19)12-7-4-8-16-18-12/h3-8H,2,9H2,1H3. The molecule has 1 aromatic carbocycles. The number of aryl methyl sites for hydroxylation is 1. The Morgan fingerprint density at radius 3 is 2.84 bits per heavy atom. The van der Waals surface area contributed by atoms with Gasteiger partial charge in [0.2, 0.25) is 0 Å². The largest absolute Gasteiger partial charge is 0.321 e. The van der Waals surface area contributed by atoms with Gasteiger partial charge in [0.15, 0.2) is 5.82 Å². The van der Waals surface area contributed by atoms with Gasteiger partial charge >= 0.3 is 0 Å². The van der Waals surface area contributed by atoms with Crippen molar-refractivity contribution < 1.29 is 0 Å². The maximum absolute atomic E-state index is 6.30. The molecule has 4 nitrogen and oxygen atoms in total. The van der Waals surface area contributed by atoms with E-state index >= 15 is 0 Å². The Labute approximate surface area is 116 Å². The molecule has 0 bridgehead atoms. The first-order chi connectivity index (χ1) is 9.31. The highest BCUT2D eigenvalue weighted by Gasteiger charge is 2.15. The average Bonchev–Trinajstić information content (AvgIpc) is 2.81. The first-order valence-electron chi connectivity index (χ1n) is 6.24. The quantitative estimate of drug-likeness (QED) is 0.732. The van der Waals surface area contributed by atoms with E-state index in [1.807, 2.05) is 30.3 Å². The zero-order chi connectivity index (χ0) is 13.2. The predicted molar refractivity (Wildman–Crippen MR) is 76.1 cm³/mol. The summed E-state index contributed by atoms with van der Waals surface area (Å²) in [4.78, 5) is 4.64. The van der Waals surface area contributed by atoms with Crippen LogP contribution in [0.15, 0.2) is 36.5 Å². The molecule has 0 radical (unpaired) electrons. The number of rotatable bonds is 3. The highest BCUT2D eigenvalue weighted by atomic mass is 35.5. The van der Waals surface area contributed by atoms with Crippen molar-refractivity contribution in [1.82, 2.24) is 19.7 Å². The minimum absolute atomic E-state index is 0.716. The van der Waals surface area contributed by atoms with Crippen LogP contribution in [-0.4, -0.2) is 19.7 Å². The van der Waals surface area contributed by atoms with Crippen LogP contribution in [-0.2, 0) is 6.54 Å². The molecule has 3 rings (SSSR count). The van der Waals surface area contributed by atoms with E-state index < -0.39 is 0 Å².